The molecule has 1 heterocycles. The molecule has 19 heavy (non-hydrogen) atoms. The number of amides is 1. The Morgan fingerprint density at radius 3 is 2.89 bits per heavy atom. The second kappa shape index (κ2) is 6.41. The van der Waals surface area contributed by atoms with E-state index >= 15 is 0 Å². The van der Waals surface area contributed by atoms with Crippen molar-refractivity contribution in [2.24, 2.45) is 0 Å². The lowest BCUT2D eigenvalue weighted by atomic mass is 10.1. The third-order valence-electron chi connectivity index (χ3n) is 3.34. The van der Waals surface area contributed by atoms with Gasteiger partial charge >= 0.3 is 0 Å². The van der Waals surface area contributed by atoms with E-state index in [9.17, 15) is 4.79 Å². The molecule has 0 aliphatic carbocycles. The summed E-state index contributed by atoms with van der Waals surface area (Å²) in [6, 6.07) is 7.79. The molecule has 1 N–H and O–H groups in total. The van der Waals surface area contributed by atoms with Gasteiger partial charge in [-0.15, -0.1) is 0 Å². The van der Waals surface area contributed by atoms with Crippen molar-refractivity contribution >= 4 is 11.6 Å². The van der Waals surface area contributed by atoms with Gasteiger partial charge in [0.15, 0.2) is 0 Å². The molecule has 0 spiro atoms. The molecule has 0 radical (unpaired) electrons. The largest absolute Gasteiger partial charge is 0.384 e. The van der Waals surface area contributed by atoms with Crippen LogP contribution in [0.3, 0.4) is 0 Å². The molecule has 0 bridgehead atoms. The minimum atomic E-state index is 0.131. The van der Waals surface area contributed by atoms with Crippen molar-refractivity contribution in [1.29, 1.82) is 0 Å². The number of benzene rings is 1. The predicted octanol–water partition coefficient (Wildman–Crippen LogP) is 3.30. The summed E-state index contributed by atoms with van der Waals surface area (Å²) in [7, 11) is 0. The zero-order valence-corrected chi connectivity index (χ0v) is 11.8. The number of hydrogen-bond acceptors (Lipinski definition) is 2. The molecule has 0 aromatic heterocycles. The van der Waals surface area contributed by atoms with Crippen molar-refractivity contribution in [1.82, 2.24) is 4.90 Å². The fraction of sp³-hybridized carbons (Fsp3) is 0.438. The molecule has 0 saturated carbocycles. The number of anilines is 1. The van der Waals surface area contributed by atoms with Gasteiger partial charge in [0, 0.05) is 25.3 Å². The van der Waals surface area contributed by atoms with Crippen molar-refractivity contribution in [2.75, 3.05) is 25.0 Å². The molecule has 1 aliphatic rings. The van der Waals surface area contributed by atoms with E-state index in [1.165, 1.54) is 5.57 Å². The highest BCUT2D eigenvalue weighted by molar-refractivity contribution is 5.99. The first kappa shape index (κ1) is 13.7. The van der Waals surface area contributed by atoms with Crippen molar-refractivity contribution in [3.05, 3.63) is 41.5 Å². The van der Waals surface area contributed by atoms with Gasteiger partial charge in [0.05, 0.1) is 5.56 Å². The molecule has 0 unspecified atom stereocenters. The lowest BCUT2D eigenvalue weighted by Gasteiger charge is -2.27. The SMILES string of the molecule is CCCNc1ccccc1C(=O)N1CCC=C(C)C1. The van der Waals surface area contributed by atoms with Crippen molar-refractivity contribution in [2.45, 2.75) is 26.7 Å². The number of rotatable bonds is 4. The van der Waals surface area contributed by atoms with Crippen molar-refractivity contribution < 1.29 is 4.79 Å². The van der Waals surface area contributed by atoms with E-state index < -0.39 is 0 Å². The standard InChI is InChI=1S/C16H22N2O/c1-3-10-17-15-9-5-4-8-14(15)16(19)18-11-6-7-13(2)12-18/h4-5,7-9,17H,3,6,10-12H2,1-2H3. The molecule has 0 atom stereocenters. The smallest absolute Gasteiger partial charge is 0.256 e. The maximum absolute atomic E-state index is 12.6. The Balaban J connectivity index is 2.16. The van der Waals surface area contributed by atoms with E-state index in [0.717, 1.165) is 43.7 Å². The molecular weight excluding hydrogens is 236 g/mol. The Hall–Kier alpha value is -1.77. The highest BCUT2D eigenvalue weighted by Gasteiger charge is 2.20. The molecule has 1 aromatic rings. The lowest BCUT2D eigenvalue weighted by Crippen LogP contribution is -2.35. The summed E-state index contributed by atoms with van der Waals surface area (Å²) in [5, 5.41) is 3.33. The number of carbonyl (C=O) groups excluding carboxylic acids is 1. The predicted molar refractivity (Wildman–Crippen MR) is 79.5 cm³/mol. The summed E-state index contributed by atoms with van der Waals surface area (Å²) in [6.45, 7) is 6.67. The quantitative estimate of drug-likeness (QED) is 0.840. The summed E-state index contributed by atoms with van der Waals surface area (Å²) >= 11 is 0. The van der Waals surface area contributed by atoms with Gasteiger partial charge in [-0.1, -0.05) is 30.7 Å². The Morgan fingerprint density at radius 2 is 2.16 bits per heavy atom. The average molecular weight is 258 g/mol. The van der Waals surface area contributed by atoms with Crippen LogP contribution in [0.1, 0.15) is 37.0 Å². The molecule has 102 valence electrons. The van der Waals surface area contributed by atoms with Gasteiger partial charge in [0.25, 0.3) is 5.91 Å². The number of nitrogens with one attached hydrogen (secondary N) is 1. The Kier molecular flexibility index (Phi) is 4.61. The molecule has 0 saturated heterocycles. The molecule has 1 amide bonds. The Labute approximate surface area is 115 Å². The topological polar surface area (TPSA) is 32.3 Å². The molecule has 1 aliphatic heterocycles. The van der Waals surface area contributed by atoms with Gasteiger partial charge < -0.3 is 10.2 Å². The van der Waals surface area contributed by atoms with E-state index in [0.29, 0.717) is 0 Å². The monoisotopic (exact) mass is 258 g/mol. The molecule has 1 aromatic carbocycles. The first-order valence-corrected chi connectivity index (χ1v) is 7.00. The van der Waals surface area contributed by atoms with Gasteiger partial charge in [0.2, 0.25) is 0 Å². The Bertz CT molecular complexity index is 479. The minimum absolute atomic E-state index is 0.131. The normalized spacial score (nSPS) is 15.1. The highest BCUT2D eigenvalue weighted by Crippen LogP contribution is 2.19. The van der Waals surface area contributed by atoms with Crippen LogP contribution in [0.4, 0.5) is 5.69 Å². The summed E-state index contributed by atoms with van der Waals surface area (Å²) in [6.07, 6.45) is 4.22. The van der Waals surface area contributed by atoms with Crippen LogP contribution in [0, 0.1) is 0 Å². The van der Waals surface area contributed by atoms with E-state index in [1.54, 1.807) is 0 Å². The van der Waals surface area contributed by atoms with Gasteiger partial charge in [-0.2, -0.15) is 0 Å². The number of hydrogen-bond donors (Lipinski definition) is 1. The van der Waals surface area contributed by atoms with Gasteiger partial charge in [-0.3, -0.25) is 4.79 Å². The maximum atomic E-state index is 12.6. The number of nitrogens with zero attached hydrogens (tertiary/aromatic N) is 1. The number of para-hydroxylation sites is 1. The fourth-order valence-corrected chi connectivity index (χ4v) is 2.34. The summed E-state index contributed by atoms with van der Waals surface area (Å²) in [5.41, 5.74) is 3.01. The van der Waals surface area contributed by atoms with Crippen molar-refractivity contribution in [3.8, 4) is 0 Å². The number of carbonyl (C=O) groups is 1. The van der Waals surface area contributed by atoms with Crippen LogP contribution in [0.25, 0.3) is 0 Å². The third kappa shape index (κ3) is 3.37. The molecule has 2 rings (SSSR count). The highest BCUT2D eigenvalue weighted by atomic mass is 16.2. The summed E-state index contributed by atoms with van der Waals surface area (Å²) in [5.74, 6) is 0.131. The maximum Gasteiger partial charge on any atom is 0.256 e. The van der Waals surface area contributed by atoms with Gasteiger partial charge in [-0.25, -0.2) is 0 Å². The van der Waals surface area contributed by atoms with Crippen LogP contribution in [-0.2, 0) is 0 Å². The molecule has 3 heteroatoms. The van der Waals surface area contributed by atoms with Crippen LogP contribution in [-0.4, -0.2) is 30.4 Å². The first-order chi connectivity index (χ1) is 9.22. The van der Waals surface area contributed by atoms with E-state index in [1.807, 2.05) is 29.2 Å². The van der Waals surface area contributed by atoms with Gasteiger partial charge in [0.1, 0.15) is 0 Å². The van der Waals surface area contributed by atoms with E-state index in [4.69, 9.17) is 0 Å². The van der Waals surface area contributed by atoms with E-state index in [-0.39, 0.29) is 5.91 Å². The second-order valence-corrected chi connectivity index (χ2v) is 5.04. The van der Waals surface area contributed by atoms with Crippen LogP contribution in [0.2, 0.25) is 0 Å². The van der Waals surface area contributed by atoms with Gasteiger partial charge in [-0.05, 0) is 31.9 Å². The van der Waals surface area contributed by atoms with Crippen LogP contribution in [0.15, 0.2) is 35.9 Å². The van der Waals surface area contributed by atoms with Crippen LogP contribution < -0.4 is 5.32 Å². The third-order valence-corrected chi connectivity index (χ3v) is 3.34. The van der Waals surface area contributed by atoms with Crippen LogP contribution in [0.5, 0.6) is 0 Å². The zero-order chi connectivity index (χ0) is 13.7. The Morgan fingerprint density at radius 1 is 1.37 bits per heavy atom. The van der Waals surface area contributed by atoms with E-state index in [2.05, 4.69) is 25.2 Å². The van der Waals surface area contributed by atoms with Crippen molar-refractivity contribution in [3.63, 3.8) is 0 Å². The first-order valence-electron chi connectivity index (χ1n) is 7.00. The summed E-state index contributed by atoms with van der Waals surface area (Å²) in [4.78, 5) is 14.5. The average Bonchev–Trinajstić information content (AvgIpc) is 2.44. The molecule has 0 fully saturated rings. The van der Waals surface area contributed by atoms with Crippen LogP contribution >= 0.6 is 0 Å². The minimum Gasteiger partial charge on any atom is -0.384 e. The zero-order valence-electron chi connectivity index (χ0n) is 11.8. The lowest BCUT2D eigenvalue weighted by molar-refractivity contribution is 0.0767. The second-order valence-electron chi connectivity index (χ2n) is 5.04. The fourth-order valence-electron chi connectivity index (χ4n) is 2.34. The molecule has 3 nitrogen and oxygen atoms in total. The molecular formula is C16H22N2O. The summed E-state index contributed by atoms with van der Waals surface area (Å²) < 4.78 is 0.